The molecule has 3 N–H and O–H groups in total. The van der Waals surface area contributed by atoms with E-state index in [9.17, 15) is 14.4 Å². The third-order valence-electron chi connectivity index (χ3n) is 9.13. The molecule has 0 saturated heterocycles. The van der Waals surface area contributed by atoms with Crippen molar-refractivity contribution < 1.29 is 14.4 Å². The second-order valence-electron chi connectivity index (χ2n) is 12.4. The molecule has 240 valence electrons. The molecule has 2 atom stereocenters. The Morgan fingerprint density at radius 2 is 1.61 bits per heavy atom. The van der Waals surface area contributed by atoms with Crippen LogP contribution in [0.15, 0.2) is 102 Å². The van der Waals surface area contributed by atoms with Crippen molar-refractivity contribution in [1.29, 1.82) is 0 Å². The van der Waals surface area contributed by atoms with Crippen LogP contribution in [0.3, 0.4) is 0 Å². The molecule has 5 rings (SSSR count). The van der Waals surface area contributed by atoms with Crippen LogP contribution in [0.5, 0.6) is 0 Å². The average molecular weight is 637 g/mol. The van der Waals surface area contributed by atoms with Gasteiger partial charge in [0.1, 0.15) is 12.1 Å². The molecule has 0 radical (unpaired) electrons. The lowest BCUT2D eigenvalue weighted by molar-refractivity contribution is -0.146. The highest BCUT2D eigenvalue weighted by molar-refractivity contribution is 7.09. The normalized spacial score (nSPS) is 15.2. The first-order chi connectivity index (χ1) is 22.2. The first-order valence-corrected chi connectivity index (χ1v) is 16.9. The van der Waals surface area contributed by atoms with E-state index in [1.165, 1.54) is 15.9 Å². The molecule has 1 fully saturated rings. The summed E-state index contributed by atoms with van der Waals surface area (Å²) in [7, 11) is 3.34. The summed E-state index contributed by atoms with van der Waals surface area (Å²) in [5.41, 5.74) is 8.20. The number of carbonyl (C=O) groups is 3. The fourth-order valence-corrected chi connectivity index (χ4v) is 6.73. The monoisotopic (exact) mass is 636 g/mol. The fraction of sp³-hybridized carbons (Fsp3) is 0.342. The number of nitrogens with zero attached hydrogens (tertiary/aromatic N) is 2. The highest BCUT2D eigenvalue weighted by Gasteiger charge is 2.35. The van der Waals surface area contributed by atoms with Crippen molar-refractivity contribution in [3.63, 3.8) is 0 Å². The Labute approximate surface area is 276 Å². The van der Waals surface area contributed by atoms with E-state index in [1.54, 1.807) is 25.4 Å². The number of fused-ring (bicyclic) bond motifs is 1. The van der Waals surface area contributed by atoms with E-state index in [-0.39, 0.29) is 23.3 Å². The Bertz CT molecular complexity index is 1650. The molecule has 7 nitrogen and oxygen atoms in total. The van der Waals surface area contributed by atoms with Crippen LogP contribution < -0.4 is 11.1 Å². The molecule has 0 aliphatic heterocycles. The topological polar surface area (TPSA) is 95.7 Å². The molecular weight excluding hydrogens is 593 g/mol. The van der Waals surface area contributed by atoms with Crippen LogP contribution in [0.4, 0.5) is 0 Å². The summed E-state index contributed by atoms with van der Waals surface area (Å²) in [6.07, 6.45) is 8.40. The highest BCUT2D eigenvalue weighted by atomic mass is 32.1. The SMILES string of the molecule is CN(C(=O)/C=C/CC1(N)CCC1)C(Cc1ccc2ccccc2c1)C(=O)N(C)C(Cc1cccs1)C(=O)NCCc1ccccc1. The number of rotatable bonds is 14. The minimum Gasteiger partial charge on any atom is -0.354 e. The second kappa shape index (κ2) is 15.3. The summed E-state index contributed by atoms with van der Waals surface area (Å²) in [5, 5.41) is 7.20. The average Bonchev–Trinajstić information content (AvgIpc) is 3.58. The van der Waals surface area contributed by atoms with Gasteiger partial charge < -0.3 is 20.9 Å². The zero-order valence-electron chi connectivity index (χ0n) is 26.7. The van der Waals surface area contributed by atoms with Crippen LogP contribution in [-0.4, -0.2) is 65.8 Å². The van der Waals surface area contributed by atoms with E-state index < -0.39 is 12.1 Å². The quantitative estimate of drug-likeness (QED) is 0.178. The van der Waals surface area contributed by atoms with Crippen LogP contribution in [0.25, 0.3) is 10.8 Å². The number of hydrogen-bond acceptors (Lipinski definition) is 5. The fourth-order valence-electron chi connectivity index (χ4n) is 5.99. The van der Waals surface area contributed by atoms with Gasteiger partial charge in [-0.25, -0.2) is 0 Å². The largest absolute Gasteiger partial charge is 0.354 e. The molecule has 1 aromatic heterocycles. The van der Waals surface area contributed by atoms with Gasteiger partial charge in [0.25, 0.3) is 0 Å². The number of likely N-dealkylation sites (N-methyl/N-ethyl adjacent to an activating group) is 2. The van der Waals surface area contributed by atoms with Crippen molar-refractivity contribution in [2.75, 3.05) is 20.6 Å². The van der Waals surface area contributed by atoms with Crippen LogP contribution in [0.2, 0.25) is 0 Å². The third kappa shape index (κ3) is 8.50. The Kier molecular flexibility index (Phi) is 11.0. The number of nitrogens with one attached hydrogen (secondary N) is 1. The molecule has 3 amide bonds. The first-order valence-electron chi connectivity index (χ1n) is 16.0. The number of amides is 3. The Balaban J connectivity index is 1.37. The highest BCUT2D eigenvalue weighted by Crippen LogP contribution is 2.32. The van der Waals surface area contributed by atoms with E-state index in [1.807, 2.05) is 90.3 Å². The van der Waals surface area contributed by atoms with E-state index in [2.05, 4.69) is 11.4 Å². The Hall–Kier alpha value is -4.27. The summed E-state index contributed by atoms with van der Waals surface area (Å²) in [4.78, 5) is 45.7. The number of thiophene rings is 1. The molecule has 4 aromatic rings. The van der Waals surface area contributed by atoms with Gasteiger partial charge in [0.15, 0.2) is 0 Å². The van der Waals surface area contributed by atoms with Gasteiger partial charge in [-0.1, -0.05) is 84.9 Å². The van der Waals surface area contributed by atoms with Gasteiger partial charge in [-0.05, 0) is 71.5 Å². The van der Waals surface area contributed by atoms with Crippen molar-refractivity contribution in [2.24, 2.45) is 5.73 Å². The van der Waals surface area contributed by atoms with Crippen molar-refractivity contribution in [3.8, 4) is 0 Å². The molecule has 1 aliphatic carbocycles. The maximum atomic E-state index is 14.4. The maximum Gasteiger partial charge on any atom is 0.246 e. The molecule has 1 heterocycles. The molecule has 3 aromatic carbocycles. The lowest BCUT2D eigenvalue weighted by atomic mass is 9.75. The first kappa shape index (κ1) is 33.1. The molecular formula is C38H44N4O3S. The molecule has 2 unspecified atom stereocenters. The predicted molar refractivity (Wildman–Crippen MR) is 186 cm³/mol. The van der Waals surface area contributed by atoms with Crippen LogP contribution in [0.1, 0.15) is 41.7 Å². The molecule has 46 heavy (non-hydrogen) atoms. The lowest BCUT2D eigenvalue weighted by Crippen LogP contribution is -2.56. The van der Waals surface area contributed by atoms with Gasteiger partial charge in [0.05, 0.1) is 0 Å². The van der Waals surface area contributed by atoms with Crippen LogP contribution in [-0.2, 0) is 33.6 Å². The van der Waals surface area contributed by atoms with E-state index in [4.69, 9.17) is 5.73 Å². The Morgan fingerprint density at radius 1 is 0.870 bits per heavy atom. The third-order valence-corrected chi connectivity index (χ3v) is 10.0. The van der Waals surface area contributed by atoms with Gasteiger partial charge in [0.2, 0.25) is 17.7 Å². The number of nitrogens with two attached hydrogens (primary N) is 1. The zero-order valence-corrected chi connectivity index (χ0v) is 27.5. The van der Waals surface area contributed by atoms with Crippen molar-refractivity contribution in [3.05, 3.63) is 118 Å². The number of hydrogen-bond donors (Lipinski definition) is 2. The lowest BCUT2D eigenvalue weighted by Gasteiger charge is -2.37. The van der Waals surface area contributed by atoms with Gasteiger partial charge in [-0.2, -0.15) is 0 Å². The molecule has 8 heteroatoms. The second-order valence-corrected chi connectivity index (χ2v) is 13.5. The van der Waals surface area contributed by atoms with Crippen LogP contribution in [0, 0.1) is 0 Å². The van der Waals surface area contributed by atoms with Crippen molar-refractivity contribution in [2.45, 2.75) is 62.6 Å². The van der Waals surface area contributed by atoms with Gasteiger partial charge >= 0.3 is 0 Å². The maximum absolute atomic E-state index is 14.4. The smallest absolute Gasteiger partial charge is 0.246 e. The molecule has 1 aliphatic rings. The zero-order chi connectivity index (χ0) is 32.5. The van der Waals surface area contributed by atoms with Gasteiger partial charge in [0, 0.05) is 43.9 Å². The summed E-state index contributed by atoms with van der Waals surface area (Å²) in [6, 6.07) is 26.5. The summed E-state index contributed by atoms with van der Waals surface area (Å²) in [6.45, 7) is 0.457. The summed E-state index contributed by atoms with van der Waals surface area (Å²) in [5.74, 6) is -0.767. The number of benzene rings is 3. The molecule has 0 bridgehead atoms. The van der Waals surface area contributed by atoms with Crippen molar-refractivity contribution in [1.82, 2.24) is 15.1 Å². The van der Waals surface area contributed by atoms with E-state index >= 15 is 0 Å². The minimum absolute atomic E-state index is 0.216. The predicted octanol–water partition coefficient (Wildman–Crippen LogP) is 5.53. The van der Waals surface area contributed by atoms with Gasteiger partial charge in [-0.15, -0.1) is 11.3 Å². The van der Waals surface area contributed by atoms with Gasteiger partial charge in [-0.3, -0.25) is 14.4 Å². The number of carbonyl (C=O) groups excluding carboxylic acids is 3. The standard InChI is InChI=1S/C38H44N4O3S/c1-41(35(43)16-8-20-38(39)21-10-22-38)34(26-29-17-18-30-13-6-7-14-31(30)25-29)37(45)42(2)33(27-32-15-9-24-46-32)36(44)40-23-19-28-11-4-3-5-12-28/h3-9,11-18,24-25,33-34H,10,19-23,26-27,39H2,1-2H3,(H,40,44)/b16-8+. The van der Waals surface area contributed by atoms with E-state index in [0.717, 1.165) is 46.0 Å². The molecule has 1 saturated carbocycles. The van der Waals surface area contributed by atoms with Crippen molar-refractivity contribution >= 4 is 39.8 Å². The Morgan fingerprint density at radius 3 is 2.30 bits per heavy atom. The summed E-state index contributed by atoms with van der Waals surface area (Å²) >= 11 is 1.56. The summed E-state index contributed by atoms with van der Waals surface area (Å²) < 4.78 is 0. The van der Waals surface area contributed by atoms with E-state index in [0.29, 0.717) is 32.2 Å². The minimum atomic E-state index is -0.818. The van der Waals surface area contributed by atoms with Crippen LogP contribution >= 0.6 is 11.3 Å². The molecule has 0 spiro atoms.